The molecule has 0 bridgehead atoms. The van der Waals surface area contributed by atoms with Gasteiger partial charge in [0, 0.05) is 19.0 Å². The summed E-state index contributed by atoms with van der Waals surface area (Å²) < 4.78 is 38.6. The van der Waals surface area contributed by atoms with Crippen LogP contribution in [-0.4, -0.2) is 35.1 Å². The first-order chi connectivity index (χ1) is 15.7. The normalized spacial score (nSPS) is 11.0. The Morgan fingerprint density at radius 1 is 0.879 bits per heavy atom. The van der Waals surface area contributed by atoms with Gasteiger partial charge in [0.1, 0.15) is 11.5 Å². The summed E-state index contributed by atoms with van der Waals surface area (Å²) >= 11 is 0. The molecule has 0 saturated heterocycles. The van der Waals surface area contributed by atoms with Crippen molar-refractivity contribution >= 4 is 27.3 Å². The summed E-state index contributed by atoms with van der Waals surface area (Å²) in [6.45, 7) is 3.80. The van der Waals surface area contributed by atoms with Gasteiger partial charge in [-0.2, -0.15) is 0 Å². The van der Waals surface area contributed by atoms with Crippen molar-refractivity contribution in [2.24, 2.45) is 0 Å². The van der Waals surface area contributed by atoms with Crippen LogP contribution in [0.25, 0.3) is 0 Å². The van der Waals surface area contributed by atoms with Crippen LogP contribution in [0.4, 0.5) is 11.4 Å². The van der Waals surface area contributed by atoms with E-state index in [1.54, 1.807) is 61.7 Å². The maximum absolute atomic E-state index is 13.4. The number of benzene rings is 3. The number of rotatable bonds is 9. The minimum Gasteiger partial charge on any atom is -0.497 e. The van der Waals surface area contributed by atoms with Crippen LogP contribution in [-0.2, 0) is 14.8 Å². The summed E-state index contributed by atoms with van der Waals surface area (Å²) in [5, 5.41) is 2.79. The van der Waals surface area contributed by atoms with E-state index in [4.69, 9.17) is 9.47 Å². The average Bonchev–Trinajstić information content (AvgIpc) is 2.80. The highest BCUT2D eigenvalue weighted by Gasteiger charge is 2.25. The molecule has 3 rings (SSSR count). The number of sulfonamides is 1. The zero-order valence-electron chi connectivity index (χ0n) is 19.2. The second kappa shape index (κ2) is 10.4. The smallest absolute Gasteiger partial charge is 0.264 e. The van der Waals surface area contributed by atoms with Gasteiger partial charge in [-0.05, 0) is 50.2 Å². The van der Waals surface area contributed by atoms with E-state index in [9.17, 15) is 13.2 Å². The molecule has 33 heavy (non-hydrogen) atoms. The molecule has 3 aromatic rings. The lowest BCUT2D eigenvalue weighted by Gasteiger charge is -2.25. The lowest BCUT2D eigenvalue weighted by atomic mass is 10.2. The molecule has 0 unspecified atom stereocenters. The number of carbonyl (C=O) groups excluding carboxylic acids is 1. The first-order valence-corrected chi connectivity index (χ1v) is 11.9. The Bertz CT molecular complexity index is 1210. The molecule has 0 fully saturated rings. The van der Waals surface area contributed by atoms with Gasteiger partial charge in [-0.3, -0.25) is 9.10 Å². The zero-order valence-corrected chi connectivity index (χ0v) is 20.0. The minimum atomic E-state index is -3.86. The highest BCUT2D eigenvalue weighted by Crippen LogP contribution is 2.29. The van der Waals surface area contributed by atoms with Gasteiger partial charge >= 0.3 is 0 Å². The number of methoxy groups -OCH3 is 2. The van der Waals surface area contributed by atoms with Crippen LogP contribution in [0.15, 0.2) is 71.6 Å². The number of hydrogen-bond donors (Lipinski definition) is 1. The third-order valence-electron chi connectivity index (χ3n) is 5.16. The highest BCUT2D eigenvalue weighted by atomic mass is 32.2. The largest absolute Gasteiger partial charge is 0.497 e. The molecule has 8 heteroatoms. The molecule has 0 aliphatic rings. The lowest BCUT2D eigenvalue weighted by molar-refractivity contribution is -0.116. The van der Waals surface area contributed by atoms with Crippen LogP contribution in [0.5, 0.6) is 11.5 Å². The van der Waals surface area contributed by atoms with Crippen LogP contribution < -0.4 is 19.1 Å². The van der Waals surface area contributed by atoms with Crippen LogP contribution >= 0.6 is 0 Å². The summed E-state index contributed by atoms with van der Waals surface area (Å²) in [7, 11) is -0.821. The van der Waals surface area contributed by atoms with Gasteiger partial charge in [0.05, 0.1) is 30.5 Å². The summed E-state index contributed by atoms with van der Waals surface area (Å²) in [5.41, 5.74) is 2.95. The third-order valence-corrected chi connectivity index (χ3v) is 7.00. The fourth-order valence-electron chi connectivity index (χ4n) is 3.25. The Morgan fingerprint density at radius 3 is 2.06 bits per heavy atom. The molecule has 0 atom stereocenters. The Balaban J connectivity index is 1.83. The quantitative estimate of drug-likeness (QED) is 0.498. The van der Waals surface area contributed by atoms with Gasteiger partial charge in [-0.1, -0.05) is 35.4 Å². The zero-order chi connectivity index (χ0) is 24.0. The minimum absolute atomic E-state index is 0.0242. The molecule has 1 N–H and O–H groups in total. The molecule has 0 aliphatic heterocycles. The number of aryl methyl sites for hydroxylation is 2. The van der Waals surface area contributed by atoms with Crippen LogP contribution in [0.3, 0.4) is 0 Å². The number of anilines is 2. The van der Waals surface area contributed by atoms with Crippen molar-refractivity contribution in [1.29, 1.82) is 0 Å². The van der Waals surface area contributed by atoms with Crippen molar-refractivity contribution in [3.8, 4) is 11.5 Å². The molecule has 0 heterocycles. The lowest BCUT2D eigenvalue weighted by Crippen LogP contribution is -2.34. The van der Waals surface area contributed by atoms with Crippen molar-refractivity contribution in [3.05, 3.63) is 77.9 Å². The van der Waals surface area contributed by atoms with Gasteiger partial charge in [0.2, 0.25) is 5.91 Å². The maximum atomic E-state index is 13.4. The van der Waals surface area contributed by atoms with E-state index in [-0.39, 0.29) is 23.8 Å². The van der Waals surface area contributed by atoms with Gasteiger partial charge in [0.25, 0.3) is 10.0 Å². The number of carbonyl (C=O) groups is 1. The monoisotopic (exact) mass is 468 g/mol. The fraction of sp³-hybridized carbons (Fsp3) is 0.240. The second-order valence-electron chi connectivity index (χ2n) is 7.59. The first-order valence-electron chi connectivity index (χ1n) is 10.4. The van der Waals surface area contributed by atoms with Crippen molar-refractivity contribution in [2.75, 3.05) is 30.4 Å². The topological polar surface area (TPSA) is 84.9 Å². The summed E-state index contributed by atoms with van der Waals surface area (Å²) in [4.78, 5) is 12.9. The van der Waals surface area contributed by atoms with Gasteiger partial charge in [-0.15, -0.1) is 0 Å². The number of nitrogens with one attached hydrogen (secondary N) is 1. The molecular weight excluding hydrogens is 440 g/mol. The number of ether oxygens (including phenoxy) is 2. The van der Waals surface area contributed by atoms with E-state index in [2.05, 4.69) is 5.32 Å². The molecule has 7 nitrogen and oxygen atoms in total. The van der Waals surface area contributed by atoms with E-state index in [1.165, 1.54) is 11.4 Å². The van der Waals surface area contributed by atoms with Gasteiger partial charge in [0.15, 0.2) is 0 Å². The van der Waals surface area contributed by atoms with E-state index in [1.807, 2.05) is 26.0 Å². The third kappa shape index (κ3) is 5.84. The Hall–Kier alpha value is -3.52. The molecular formula is C25H28N2O5S. The molecule has 0 spiro atoms. The molecule has 0 aliphatic carbocycles. The average molecular weight is 469 g/mol. The molecule has 0 radical (unpaired) electrons. The summed E-state index contributed by atoms with van der Waals surface area (Å²) in [6.07, 6.45) is -0.0475. The number of hydrogen-bond acceptors (Lipinski definition) is 5. The second-order valence-corrected chi connectivity index (χ2v) is 9.45. The van der Waals surface area contributed by atoms with E-state index < -0.39 is 10.0 Å². The van der Waals surface area contributed by atoms with Gasteiger partial charge < -0.3 is 14.8 Å². The van der Waals surface area contributed by atoms with E-state index in [0.717, 1.165) is 11.1 Å². The number of nitrogens with zero attached hydrogens (tertiary/aromatic N) is 1. The van der Waals surface area contributed by atoms with E-state index in [0.29, 0.717) is 22.9 Å². The first kappa shape index (κ1) is 24.1. The predicted molar refractivity (Wildman–Crippen MR) is 130 cm³/mol. The molecule has 1 amide bonds. The predicted octanol–water partition coefficient (Wildman–Crippen LogP) is 4.54. The van der Waals surface area contributed by atoms with E-state index >= 15 is 0 Å². The fourth-order valence-corrected chi connectivity index (χ4v) is 4.72. The SMILES string of the molecule is COc1ccc(NC(=O)CCN(c2ccc(C)cc2)S(=O)(=O)c2ccc(C)cc2)c(OC)c1. The molecule has 3 aromatic carbocycles. The van der Waals surface area contributed by atoms with Crippen molar-refractivity contribution in [1.82, 2.24) is 0 Å². The standard InChI is InChI=1S/C25H28N2O5S/c1-18-5-9-20(10-6-18)27(33(29,30)22-12-7-19(2)8-13-22)16-15-25(28)26-23-14-11-21(31-3)17-24(23)32-4/h5-14,17H,15-16H2,1-4H3,(H,26,28). The van der Waals surface area contributed by atoms with Crippen LogP contribution in [0, 0.1) is 13.8 Å². The van der Waals surface area contributed by atoms with Crippen LogP contribution in [0.1, 0.15) is 17.5 Å². The van der Waals surface area contributed by atoms with Crippen LogP contribution in [0.2, 0.25) is 0 Å². The van der Waals surface area contributed by atoms with Crippen molar-refractivity contribution < 1.29 is 22.7 Å². The Morgan fingerprint density at radius 2 is 1.48 bits per heavy atom. The van der Waals surface area contributed by atoms with Gasteiger partial charge in [-0.25, -0.2) is 8.42 Å². The molecule has 174 valence electrons. The Labute approximate surface area is 195 Å². The molecule has 0 aromatic heterocycles. The highest BCUT2D eigenvalue weighted by molar-refractivity contribution is 7.92. The Kier molecular flexibility index (Phi) is 7.60. The van der Waals surface area contributed by atoms with Crippen molar-refractivity contribution in [2.45, 2.75) is 25.2 Å². The number of amides is 1. The molecule has 0 saturated carbocycles. The maximum Gasteiger partial charge on any atom is 0.264 e. The van der Waals surface area contributed by atoms with Crippen molar-refractivity contribution in [3.63, 3.8) is 0 Å². The summed E-state index contributed by atoms with van der Waals surface area (Å²) in [5.74, 6) is 0.708. The summed E-state index contributed by atoms with van der Waals surface area (Å²) in [6, 6.07) is 18.9.